The Kier molecular flexibility index (Phi) is 4.15. The van der Waals surface area contributed by atoms with Crippen molar-refractivity contribution < 1.29 is 14.3 Å². The van der Waals surface area contributed by atoms with Crippen molar-refractivity contribution >= 4 is 11.9 Å². The third kappa shape index (κ3) is 2.61. The monoisotopic (exact) mass is 309 g/mol. The molecule has 0 aliphatic carbocycles. The number of benzene rings is 2. The molecule has 0 bridgehead atoms. The Labute approximate surface area is 135 Å². The number of ether oxygens (including phenoxy) is 1. The summed E-state index contributed by atoms with van der Waals surface area (Å²) < 4.78 is 4.94. The molecule has 2 aromatic carbocycles. The highest BCUT2D eigenvalue weighted by atomic mass is 16.5. The largest absolute Gasteiger partial charge is 0.467 e. The van der Waals surface area contributed by atoms with Gasteiger partial charge in [0.25, 0.3) is 0 Å². The summed E-state index contributed by atoms with van der Waals surface area (Å²) >= 11 is 0. The number of hydrogen-bond donors (Lipinski definition) is 0. The summed E-state index contributed by atoms with van der Waals surface area (Å²) in [5.74, 6) is -0.876. The molecule has 118 valence electrons. The molecule has 23 heavy (non-hydrogen) atoms. The first kappa shape index (κ1) is 15.3. The number of β-lactam (4-membered cyclic amide) rings is 1. The molecule has 1 aliphatic heterocycles. The van der Waals surface area contributed by atoms with Gasteiger partial charge in [0, 0.05) is 0 Å². The van der Waals surface area contributed by atoms with E-state index in [9.17, 15) is 9.59 Å². The zero-order valence-electron chi connectivity index (χ0n) is 13.2. The third-order valence-electron chi connectivity index (χ3n) is 4.44. The number of esters is 1. The summed E-state index contributed by atoms with van der Waals surface area (Å²) in [5, 5.41) is 0. The maximum atomic E-state index is 12.7. The Morgan fingerprint density at radius 1 is 1.04 bits per heavy atom. The molecule has 0 N–H and O–H groups in total. The molecule has 1 heterocycles. The molecular weight excluding hydrogens is 290 g/mol. The fourth-order valence-electron chi connectivity index (χ4n) is 3.19. The minimum atomic E-state index is -0.579. The molecule has 0 spiro atoms. The zero-order valence-corrected chi connectivity index (χ0v) is 13.2. The van der Waals surface area contributed by atoms with Crippen LogP contribution < -0.4 is 0 Å². The van der Waals surface area contributed by atoms with Gasteiger partial charge in [-0.15, -0.1) is 0 Å². The van der Waals surface area contributed by atoms with Crippen molar-refractivity contribution in [1.29, 1.82) is 0 Å². The molecule has 2 aromatic rings. The first-order valence-corrected chi connectivity index (χ1v) is 7.65. The Morgan fingerprint density at radius 3 is 2.17 bits per heavy atom. The molecule has 1 amide bonds. The van der Waals surface area contributed by atoms with Crippen molar-refractivity contribution in [2.75, 3.05) is 7.11 Å². The maximum Gasteiger partial charge on any atom is 0.329 e. The van der Waals surface area contributed by atoms with Crippen LogP contribution in [0, 0.1) is 0 Å². The molecule has 1 unspecified atom stereocenters. The second kappa shape index (κ2) is 6.24. The van der Waals surface area contributed by atoms with E-state index in [4.69, 9.17) is 4.74 Å². The van der Waals surface area contributed by atoms with Crippen LogP contribution in [-0.4, -0.2) is 29.9 Å². The number of carbonyl (C=O) groups is 2. The fraction of sp³-hybridized carbons (Fsp3) is 0.263. The standard InChI is InChI=1S/C19H19NO3/c1-13(14-9-5-3-6-10-14)20-17(19(22)23-2)16(18(20)21)15-11-7-4-8-12-15/h3-13,16-17H,1-2H3/t13?,16-,17-/m1/s1. The number of carbonyl (C=O) groups excluding carboxylic acids is 2. The van der Waals surface area contributed by atoms with Gasteiger partial charge in [-0.05, 0) is 18.1 Å². The van der Waals surface area contributed by atoms with Gasteiger partial charge in [-0.3, -0.25) is 4.79 Å². The maximum absolute atomic E-state index is 12.7. The quantitative estimate of drug-likeness (QED) is 0.644. The molecule has 4 heteroatoms. The molecule has 0 radical (unpaired) electrons. The Bertz CT molecular complexity index is 699. The van der Waals surface area contributed by atoms with Crippen LogP contribution in [0.3, 0.4) is 0 Å². The summed E-state index contributed by atoms with van der Waals surface area (Å²) in [6.07, 6.45) is 0. The van der Waals surface area contributed by atoms with E-state index < -0.39 is 12.0 Å². The van der Waals surface area contributed by atoms with E-state index in [-0.39, 0.29) is 17.9 Å². The molecule has 1 aliphatic rings. The van der Waals surface area contributed by atoms with Gasteiger partial charge >= 0.3 is 5.97 Å². The highest BCUT2D eigenvalue weighted by Crippen LogP contribution is 2.41. The zero-order chi connectivity index (χ0) is 16.4. The van der Waals surface area contributed by atoms with Crippen molar-refractivity contribution in [1.82, 2.24) is 4.90 Å². The third-order valence-corrected chi connectivity index (χ3v) is 4.44. The molecular formula is C19H19NO3. The minimum Gasteiger partial charge on any atom is -0.467 e. The SMILES string of the molecule is COC(=O)[C@H]1[C@@H](c2ccccc2)C(=O)N1C(C)c1ccccc1. The van der Waals surface area contributed by atoms with E-state index in [0.717, 1.165) is 11.1 Å². The number of amides is 1. The van der Waals surface area contributed by atoms with Crippen LogP contribution in [0.4, 0.5) is 0 Å². The summed E-state index contributed by atoms with van der Waals surface area (Å²) in [7, 11) is 1.36. The second-order valence-corrected chi connectivity index (χ2v) is 5.69. The predicted octanol–water partition coefficient (Wildman–Crippen LogP) is 2.92. The highest BCUT2D eigenvalue weighted by molar-refractivity contribution is 6.01. The Balaban J connectivity index is 1.92. The summed E-state index contributed by atoms with van der Waals surface area (Å²) in [6.45, 7) is 1.93. The lowest BCUT2D eigenvalue weighted by Gasteiger charge is -2.48. The van der Waals surface area contributed by atoms with Crippen molar-refractivity contribution in [2.24, 2.45) is 0 Å². The predicted molar refractivity (Wildman–Crippen MR) is 86.7 cm³/mol. The molecule has 1 fully saturated rings. The molecule has 1 saturated heterocycles. The summed E-state index contributed by atoms with van der Waals surface area (Å²) in [6, 6.07) is 18.4. The smallest absolute Gasteiger partial charge is 0.329 e. The van der Waals surface area contributed by atoms with E-state index >= 15 is 0 Å². The van der Waals surface area contributed by atoms with Crippen LogP contribution in [0.25, 0.3) is 0 Å². The summed E-state index contributed by atoms with van der Waals surface area (Å²) in [5.41, 5.74) is 1.85. The van der Waals surface area contributed by atoms with Gasteiger partial charge in [0.2, 0.25) is 5.91 Å². The van der Waals surface area contributed by atoms with Gasteiger partial charge in [-0.2, -0.15) is 0 Å². The van der Waals surface area contributed by atoms with Gasteiger partial charge in [0.1, 0.15) is 6.04 Å². The van der Waals surface area contributed by atoms with E-state index in [1.165, 1.54) is 7.11 Å². The molecule has 3 rings (SSSR count). The number of likely N-dealkylation sites (tertiary alicyclic amines) is 1. The minimum absolute atomic E-state index is 0.0389. The topological polar surface area (TPSA) is 46.6 Å². The van der Waals surface area contributed by atoms with Gasteiger partial charge < -0.3 is 9.64 Å². The Morgan fingerprint density at radius 2 is 1.61 bits per heavy atom. The van der Waals surface area contributed by atoms with Gasteiger partial charge in [-0.25, -0.2) is 4.79 Å². The average molecular weight is 309 g/mol. The van der Waals surface area contributed by atoms with Gasteiger partial charge in [0.15, 0.2) is 0 Å². The first-order chi connectivity index (χ1) is 11.1. The van der Waals surface area contributed by atoms with Crippen LogP contribution in [0.5, 0.6) is 0 Å². The van der Waals surface area contributed by atoms with Crippen LogP contribution in [0.1, 0.15) is 30.0 Å². The molecule has 4 nitrogen and oxygen atoms in total. The molecule has 0 aromatic heterocycles. The number of hydrogen-bond acceptors (Lipinski definition) is 3. The van der Waals surface area contributed by atoms with Crippen molar-refractivity contribution in [3.8, 4) is 0 Å². The lowest BCUT2D eigenvalue weighted by Crippen LogP contribution is -2.63. The Hall–Kier alpha value is -2.62. The second-order valence-electron chi connectivity index (χ2n) is 5.69. The lowest BCUT2D eigenvalue weighted by molar-refractivity contribution is -0.170. The van der Waals surface area contributed by atoms with E-state index in [2.05, 4.69) is 0 Å². The lowest BCUT2D eigenvalue weighted by atomic mass is 9.79. The van der Waals surface area contributed by atoms with Gasteiger partial charge in [-0.1, -0.05) is 60.7 Å². The highest BCUT2D eigenvalue weighted by Gasteiger charge is 2.54. The molecule has 0 saturated carbocycles. The molecule has 3 atom stereocenters. The fourth-order valence-corrected chi connectivity index (χ4v) is 3.19. The first-order valence-electron chi connectivity index (χ1n) is 7.65. The normalized spacial score (nSPS) is 21.5. The van der Waals surface area contributed by atoms with E-state index in [0.29, 0.717) is 0 Å². The van der Waals surface area contributed by atoms with Crippen LogP contribution in [0.2, 0.25) is 0 Å². The van der Waals surface area contributed by atoms with E-state index in [1.54, 1.807) is 4.90 Å². The van der Waals surface area contributed by atoms with Crippen LogP contribution in [-0.2, 0) is 14.3 Å². The van der Waals surface area contributed by atoms with Crippen molar-refractivity contribution in [2.45, 2.75) is 24.9 Å². The van der Waals surface area contributed by atoms with Crippen molar-refractivity contribution in [3.63, 3.8) is 0 Å². The van der Waals surface area contributed by atoms with Crippen LogP contribution >= 0.6 is 0 Å². The average Bonchev–Trinajstić information content (AvgIpc) is 2.60. The van der Waals surface area contributed by atoms with Crippen LogP contribution in [0.15, 0.2) is 60.7 Å². The van der Waals surface area contributed by atoms with Crippen molar-refractivity contribution in [3.05, 3.63) is 71.8 Å². The van der Waals surface area contributed by atoms with E-state index in [1.807, 2.05) is 67.6 Å². The number of rotatable bonds is 4. The van der Waals surface area contributed by atoms with Gasteiger partial charge in [0.05, 0.1) is 19.1 Å². The number of nitrogens with zero attached hydrogens (tertiary/aromatic N) is 1. The summed E-state index contributed by atoms with van der Waals surface area (Å²) in [4.78, 5) is 26.6. The number of methoxy groups -OCH3 is 1.